The zero-order valence-electron chi connectivity index (χ0n) is 22.1. The van der Waals surface area contributed by atoms with Crippen LogP contribution >= 0.6 is 0 Å². The second-order valence-electron chi connectivity index (χ2n) is 10.6. The van der Waals surface area contributed by atoms with Crippen molar-refractivity contribution in [1.29, 1.82) is 0 Å². The minimum Gasteiger partial charge on any atom is -0.370 e. The van der Waals surface area contributed by atoms with E-state index < -0.39 is 0 Å². The second kappa shape index (κ2) is 11.4. The molecule has 0 bridgehead atoms. The molecule has 2 aliphatic rings. The van der Waals surface area contributed by atoms with Crippen LogP contribution < -0.4 is 15.5 Å². The molecule has 3 unspecified atom stereocenters. The maximum absolute atomic E-state index is 4.84. The van der Waals surface area contributed by atoms with Crippen LogP contribution in [0.4, 0.5) is 11.6 Å². The first-order chi connectivity index (χ1) is 18.7. The normalized spacial score (nSPS) is 21.8. The number of rotatable bonds is 7. The molecule has 2 aromatic carbocycles. The van der Waals surface area contributed by atoms with E-state index in [1.807, 2.05) is 54.3 Å². The molecule has 0 amide bonds. The van der Waals surface area contributed by atoms with Crippen molar-refractivity contribution < 1.29 is 0 Å². The number of nitrogens with one attached hydrogen (secondary N) is 2. The van der Waals surface area contributed by atoms with Crippen LogP contribution in [0, 0.1) is 6.92 Å². The predicted octanol–water partition coefficient (Wildman–Crippen LogP) is 5.62. The van der Waals surface area contributed by atoms with Gasteiger partial charge in [-0.2, -0.15) is 5.10 Å². The van der Waals surface area contributed by atoms with Crippen LogP contribution in [-0.2, 0) is 0 Å². The van der Waals surface area contributed by atoms with Crippen LogP contribution in [0.2, 0.25) is 0 Å². The van der Waals surface area contributed by atoms with Crippen LogP contribution in [0.3, 0.4) is 0 Å². The summed E-state index contributed by atoms with van der Waals surface area (Å²) in [7, 11) is 0. The van der Waals surface area contributed by atoms with Gasteiger partial charge in [0, 0.05) is 54.9 Å². The lowest BCUT2D eigenvalue weighted by Crippen LogP contribution is -2.55. The predicted molar refractivity (Wildman–Crippen MR) is 154 cm³/mol. The minimum absolute atomic E-state index is 0.335. The molecule has 3 atom stereocenters. The van der Waals surface area contributed by atoms with Crippen molar-refractivity contribution >= 4 is 11.6 Å². The van der Waals surface area contributed by atoms with E-state index in [4.69, 9.17) is 4.98 Å². The molecule has 7 heteroatoms. The van der Waals surface area contributed by atoms with Crippen LogP contribution in [0.15, 0.2) is 79.1 Å². The molecule has 2 N–H and O–H groups in total. The third-order valence-electron chi connectivity index (χ3n) is 7.88. The Morgan fingerprint density at radius 3 is 2.39 bits per heavy atom. The zero-order valence-corrected chi connectivity index (χ0v) is 22.1. The third-order valence-corrected chi connectivity index (χ3v) is 7.88. The molecule has 3 heterocycles. The highest BCUT2D eigenvalue weighted by Gasteiger charge is 2.29. The average Bonchev–Trinajstić information content (AvgIpc) is 3.41. The molecule has 1 aliphatic carbocycles. The molecule has 0 spiro atoms. The smallest absolute Gasteiger partial charge is 0.223 e. The van der Waals surface area contributed by atoms with Crippen molar-refractivity contribution in [2.45, 2.75) is 63.6 Å². The van der Waals surface area contributed by atoms with E-state index in [0.29, 0.717) is 18.1 Å². The van der Waals surface area contributed by atoms with Crippen LogP contribution in [0.5, 0.6) is 0 Å². The Morgan fingerprint density at radius 1 is 0.816 bits per heavy atom. The molecular weight excluding hydrogens is 470 g/mol. The van der Waals surface area contributed by atoms with Gasteiger partial charge in [-0.05, 0) is 69.0 Å². The summed E-state index contributed by atoms with van der Waals surface area (Å²) in [4.78, 5) is 11.9. The summed E-state index contributed by atoms with van der Waals surface area (Å²) >= 11 is 0. The van der Waals surface area contributed by atoms with Gasteiger partial charge in [-0.15, -0.1) is 0 Å². The van der Waals surface area contributed by atoms with Gasteiger partial charge in [-0.25, -0.2) is 14.6 Å². The van der Waals surface area contributed by atoms with Crippen molar-refractivity contribution in [3.63, 3.8) is 0 Å². The van der Waals surface area contributed by atoms with Gasteiger partial charge < -0.3 is 15.5 Å². The maximum Gasteiger partial charge on any atom is 0.223 e. The van der Waals surface area contributed by atoms with E-state index in [0.717, 1.165) is 48.1 Å². The summed E-state index contributed by atoms with van der Waals surface area (Å²) in [5.74, 6) is 0.725. The highest BCUT2D eigenvalue weighted by Crippen LogP contribution is 2.26. The molecule has 6 rings (SSSR count). The fourth-order valence-electron chi connectivity index (χ4n) is 5.89. The zero-order chi connectivity index (χ0) is 25.7. The van der Waals surface area contributed by atoms with Gasteiger partial charge in [0.1, 0.15) is 0 Å². The number of hydrogen-bond donors (Lipinski definition) is 2. The lowest BCUT2D eigenvalue weighted by atomic mass is 9.89. The number of anilines is 2. The average molecular weight is 508 g/mol. The Morgan fingerprint density at radius 2 is 1.61 bits per heavy atom. The molecule has 1 aliphatic heterocycles. The van der Waals surface area contributed by atoms with Gasteiger partial charge in [0.15, 0.2) is 0 Å². The first kappa shape index (κ1) is 24.6. The van der Waals surface area contributed by atoms with E-state index in [-0.39, 0.29) is 0 Å². The first-order valence-corrected chi connectivity index (χ1v) is 14.0. The van der Waals surface area contributed by atoms with E-state index in [2.05, 4.69) is 62.0 Å². The summed E-state index contributed by atoms with van der Waals surface area (Å²) in [5, 5.41) is 12.3. The van der Waals surface area contributed by atoms with Gasteiger partial charge in [0.25, 0.3) is 0 Å². The van der Waals surface area contributed by atoms with E-state index >= 15 is 0 Å². The molecule has 38 heavy (non-hydrogen) atoms. The Balaban J connectivity index is 1.10. The van der Waals surface area contributed by atoms with Crippen molar-refractivity contribution in [3.8, 4) is 16.9 Å². The van der Waals surface area contributed by atoms with Gasteiger partial charge in [-0.3, -0.25) is 0 Å². The molecule has 7 nitrogen and oxygen atoms in total. The Hall–Kier alpha value is -3.71. The summed E-state index contributed by atoms with van der Waals surface area (Å²) < 4.78 is 1.94. The highest BCUT2D eigenvalue weighted by atomic mass is 15.3. The second-order valence-corrected chi connectivity index (χ2v) is 10.6. The lowest BCUT2D eigenvalue weighted by Gasteiger charge is -2.40. The molecule has 2 aromatic heterocycles. The SMILES string of the molecule is Cc1ccn(-c2ccc(N3CCCC(NC4CCCCC4Nc4nccc(-c5ccccc5)n4)C3)cc2)n1. The number of piperidine rings is 1. The maximum atomic E-state index is 4.84. The van der Waals surface area contributed by atoms with Crippen LogP contribution in [-0.4, -0.2) is 51.0 Å². The summed E-state index contributed by atoms with van der Waals surface area (Å²) in [6, 6.07) is 24.4. The van der Waals surface area contributed by atoms with E-state index in [1.165, 1.54) is 37.8 Å². The lowest BCUT2D eigenvalue weighted by molar-refractivity contribution is 0.293. The largest absolute Gasteiger partial charge is 0.370 e. The standard InChI is InChI=1S/C31H37N7/c1-23-18-21-38(36-23)27-15-13-26(14-16-27)37-20-7-10-25(22-37)33-29-11-5-6-12-30(29)35-31-32-19-17-28(34-31)24-8-3-2-4-9-24/h2-4,8-9,13-19,21,25,29-30,33H,5-7,10-12,20,22H2,1H3,(H,32,34,35). The van der Waals surface area contributed by atoms with Gasteiger partial charge in [0.2, 0.25) is 5.95 Å². The number of aromatic nitrogens is 4. The molecule has 0 radical (unpaired) electrons. The minimum atomic E-state index is 0.335. The number of aryl methyl sites for hydroxylation is 1. The topological polar surface area (TPSA) is 70.9 Å². The Bertz CT molecular complexity index is 1320. The summed E-state index contributed by atoms with van der Waals surface area (Å²) in [5.41, 5.74) is 5.49. The van der Waals surface area contributed by atoms with E-state index in [9.17, 15) is 0 Å². The quantitative estimate of drug-likeness (QED) is 0.338. The van der Waals surface area contributed by atoms with Gasteiger partial charge >= 0.3 is 0 Å². The number of benzene rings is 2. The monoisotopic (exact) mass is 507 g/mol. The molecule has 4 aromatic rings. The molecule has 196 valence electrons. The van der Waals surface area contributed by atoms with E-state index in [1.54, 1.807) is 0 Å². The molecule has 1 saturated heterocycles. The van der Waals surface area contributed by atoms with Crippen molar-refractivity contribution in [2.24, 2.45) is 0 Å². The molecule has 2 fully saturated rings. The van der Waals surface area contributed by atoms with Gasteiger partial charge in [-0.1, -0.05) is 43.2 Å². The molecule has 1 saturated carbocycles. The first-order valence-electron chi connectivity index (χ1n) is 14.0. The van der Waals surface area contributed by atoms with Crippen molar-refractivity contribution in [1.82, 2.24) is 25.1 Å². The van der Waals surface area contributed by atoms with Crippen LogP contribution in [0.1, 0.15) is 44.2 Å². The Labute approximate surface area is 225 Å². The Kier molecular flexibility index (Phi) is 7.36. The number of nitrogens with zero attached hydrogens (tertiary/aromatic N) is 5. The number of hydrogen-bond acceptors (Lipinski definition) is 6. The summed E-state index contributed by atoms with van der Waals surface area (Å²) in [6.07, 6.45) is 11.1. The summed E-state index contributed by atoms with van der Waals surface area (Å²) in [6.45, 7) is 4.15. The molecular formula is C31H37N7. The fourth-order valence-corrected chi connectivity index (χ4v) is 5.89. The van der Waals surface area contributed by atoms with Gasteiger partial charge in [0.05, 0.1) is 17.1 Å². The highest BCUT2D eigenvalue weighted by molar-refractivity contribution is 5.59. The van der Waals surface area contributed by atoms with Crippen molar-refractivity contribution in [3.05, 3.63) is 84.8 Å². The van der Waals surface area contributed by atoms with Crippen LogP contribution in [0.25, 0.3) is 16.9 Å². The third kappa shape index (κ3) is 5.73. The fraction of sp³-hybridized carbons (Fsp3) is 0.387. The van der Waals surface area contributed by atoms with Crippen molar-refractivity contribution in [2.75, 3.05) is 23.3 Å².